The maximum atomic E-state index is 13.6. The number of benzene rings is 2. The van der Waals surface area contributed by atoms with Gasteiger partial charge in [0.15, 0.2) is 17.3 Å². The highest BCUT2D eigenvalue weighted by atomic mass is 19.1. The van der Waals surface area contributed by atoms with Crippen molar-refractivity contribution in [3.8, 4) is 17.2 Å². The smallest absolute Gasteiger partial charge is 0.259 e. The summed E-state index contributed by atoms with van der Waals surface area (Å²) in [6.07, 6.45) is 0. The van der Waals surface area contributed by atoms with Crippen LogP contribution < -0.4 is 14.8 Å². The monoisotopic (exact) mass is 291 g/mol. The lowest BCUT2D eigenvalue weighted by Crippen LogP contribution is -2.14. The lowest BCUT2D eigenvalue weighted by Gasteiger charge is -2.13. The molecule has 0 fully saturated rings. The zero-order valence-electron chi connectivity index (χ0n) is 11.5. The van der Waals surface area contributed by atoms with Crippen LogP contribution in [0.4, 0.5) is 10.1 Å². The first-order chi connectivity index (χ1) is 10.1. The second kappa shape index (κ2) is 6.13. The predicted molar refractivity (Wildman–Crippen MR) is 75.6 cm³/mol. The molecule has 0 aliphatic heterocycles. The van der Waals surface area contributed by atoms with Gasteiger partial charge in [0.2, 0.25) is 0 Å². The van der Waals surface area contributed by atoms with Crippen LogP contribution in [-0.4, -0.2) is 25.2 Å². The van der Waals surface area contributed by atoms with Crippen molar-refractivity contribution in [2.45, 2.75) is 0 Å². The molecular weight excluding hydrogens is 277 g/mol. The Labute approximate surface area is 120 Å². The Kier molecular flexibility index (Phi) is 4.27. The van der Waals surface area contributed by atoms with E-state index in [0.717, 1.165) is 6.07 Å². The first-order valence-corrected chi connectivity index (χ1v) is 6.08. The average molecular weight is 291 g/mol. The number of aromatic hydroxyl groups is 1. The Balaban J connectivity index is 2.37. The van der Waals surface area contributed by atoms with Crippen LogP contribution >= 0.6 is 0 Å². The van der Waals surface area contributed by atoms with Crippen molar-refractivity contribution in [3.63, 3.8) is 0 Å². The van der Waals surface area contributed by atoms with Gasteiger partial charge in [-0.3, -0.25) is 4.79 Å². The highest BCUT2D eigenvalue weighted by Crippen LogP contribution is 2.32. The standard InChI is InChI=1S/C15H14FNO4/c1-20-12-8-3-5-9(14(12)21-2)15(19)17-13-10(16)6-4-7-11(13)18/h3-8,18H,1-2H3,(H,17,19). The fourth-order valence-electron chi connectivity index (χ4n) is 1.88. The van der Waals surface area contributed by atoms with E-state index in [0.29, 0.717) is 5.75 Å². The molecule has 1 amide bonds. The lowest BCUT2D eigenvalue weighted by atomic mass is 10.1. The fourth-order valence-corrected chi connectivity index (χ4v) is 1.88. The molecule has 21 heavy (non-hydrogen) atoms. The average Bonchev–Trinajstić information content (AvgIpc) is 2.49. The van der Waals surface area contributed by atoms with E-state index in [1.165, 1.54) is 32.4 Å². The molecule has 0 spiro atoms. The van der Waals surface area contributed by atoms with Gasteiger partial charge in [-0.2, -0.15) is 0 Å². The number of methoxy groups -OCH3 is 2. The van der Waals surface area contributed by atoms with Crippen molar-refractivity contribution in [1.29, 1.82) is 0 Å². The van der Waals surface area contributed by atoms with Crippen LogP contribution in [0, 0.1) is 5.82 Å². The summed E-state index contributed by atoms with van der Waals surface area (Å²) in [5.41, 5.74) is -0.119. The molecule has 2 aromatic carbocycles. The lowest BCUT2D eigenvalue weighted by molar-refractivity contribution is 0.102. The summed E-state index contributed by atoms with van der Waals surface area (Å²) in [5, 5.41) is 11.9. The topological polar surface area (TPSA) is 67.8 Å². The zero-order valence-corrected chi connectivity index (χ0v) is 11.5. The van der Waals surface area contributed by atoms with E-state index < -0.39 is 11.7 Å². The van der Waals surface area contributed by atoms with Gasteiger partial charge >= 0.3 is 0 Å². The zero-order chi connectivity index (χ0) is 15.4. The fraction of sp³-hybridized carbons (Fsp3) is 0.133. The van der Waals surface area contributed by atoms with Gasteiger partial charge in [-0.25, -0.2) is 4.39 Å². The van der Waals surface area contributed by atoms with Gasteiger partial charge in [-0.15, -0.1) is 0 Å². The molecule has 0 aliphatic rings. The van der Waals surface area contributed by atoms with Gasteiger partial charge in [-0.1, -0.05) is 12.1 Å². The van der Waals surface area contributed by atoms with Crippen LogP contribution in [0.3, 0.4) is 0 Å². The maximum absolute atomic E-state index is 13.6. The minimum atomic E-state index is -0.731. The van der Waals surface area contributed by atoms with Gasteiger partial charge in [0.25, 0.3) is 5.91 Å². The number of rotatable bonds is 4. The van der Waals surface area contributed by atoms with Crippen molar-refractivity contribution in [2.24, 2.45) is 0 Å². The molecule has 0 bridgehead atoms. The maximum Gasteiger partial charge on any atom is 0.259 e. The molecule has 0 unspecified atom stereocenters. The summed E-state index contributed by atoms with van der Waals surface area (Å²) in [7, 11) is 2.84. The number of hydrogen-bond acceptors (Lipinski definition) is 4. The Bertz CT molecular complexity index is 652. The van der Waals surface area contributed by atoms with Crippen molar-refractivity contribution in [1.82, 2.24) is 0 Å². The minimum Gasteiger partial charge on any atom is -0.506 e. The van der Waals surface area contributed by atoms with E-state index in [4.69, 9.17) is 9.47 Å². The Morgan fingerprint density at radius 1 is 1.14 bits per heavy atom. The van der Waals surface area contributed by atoms with Crippen molar-refractivity contribution >= 4 is 11.6 Å². The number of amides is 1. The molecule has 0 saturated carbocycles. The molecule has 2 aromatic rings. The summed E-state index contributed by atoms with van der Waals surface area (Å²) < 4.78 is 23.9. The highest BCUT2D eigenvalue weighted by Gasteiger charge is 2.19. The summed E-state index contributed by atoms with van der Waals surface area (Å²) in [6.45, 7) is 0. The van der Waals surface area contributed by atoms with E-state index in [1.54, 1.807) is 12.1 Å². The second-order valence-electron chi connectivity index (χ2n) is 4.13. The Morgan fingerprint density at radius 2 is 1.86 bits per heavy atom. The first-order valence-electron chi connectivity index (χ1n) is 6.08. The number of halogens is 1. The molecule has 5 nitrogen and oxygen atoms in total. The van der Waals surface area contributed by atoms with Gasteiger partial charge < -0.3 is 19.9 Å². The Hall–Kier alpha value is -2.76. The number of hydrogen-bond donors (Lipinski definition) is 2. The predicted octanol–water partition coefficient (Wildman–Crippen LogP) is 2.80. The molecule has 0 aromatic heterocycles. The van der Waals surface area contributed by atoms with E-state index in [2.05, 4.69) is 5.32 Å². The van der Waals surface area contributed by atoms with E-state index in [1.807, 2.05) is 0 Å². The van der Waals surface area contributed by atoms with Gasteiger partial charge in [0.05, 0.1) is 19.8 Å². The van der Waals surface area contributed by atoms with E-state index >= 15 is 0 Å². The SMILES string of the molecule is COc1cccc(C(=O)Nc2c(O)cccc2F)c1OC. The molecule has 6 heteroatoms. The number of para-hydroxylation sites is 2. The first kappa shape index (κ1) is 14.6. The van der Waals surface area contributed by atoms with Crippen LogP contribution in [0.2, 0.25) is 0 Å². The molecular formula is C15H14FNO4. The van der Waals surface area contributed by atoms with Crippen LogP contribution in [-0.2, 0) is 0 Å². The van der Waals surface area contributed by atoms with Crippen LogP contribution in [0.1, 0.15) is 10.4 Å². The molecule has 0 atom stereocenters. The number of anilines is 1. The van der Waals surface area contributed by atoms with Crippen molar-refractivity contribution in [2.75, 3.05) is 19.5 Å². The third-order valence-electron chi connectivity index (χ3n) is 2.88. The van der Waals surface area contributed by atoms with Gasteiger partial charge in [0, 0.05) is 0 Å². The summed E-state index contributed by atoms with van der Waals surface area (Å²) in [5.74, 6) is -1.10. The molecule has 2 rings (SSSR count). The number of carbonyl (C=O) groups is 1. The van der Waals surface area contributed by atoms with Crippen molar-refractivity contribution in [3.05, 3.63) is 47.8 Å². The number of nitrogens with one attached hydrogen (secondary N) is 1. The number of carbonyl (C=O) groups excluding carboxylic acids is 1. The normalized spacial score (nSPS) is 10.0. The molecule has 0 saturated heterocycles. The molecule has 0 heterocycles. The van der Waals surface area contributed by atoms with Crippen LogP contribution in [0.25, 0.3) is 0 Å². The number of ether oxygens (including phenoxy) is 2. The number of phenols is 1. The van der Waals surface area contributed by atoms with Gasteiger partial charge in [-0.05, 0) is 24.3 Å². The van der Waals surface area contributed by atoms with Crippen molar-refractivity contribution < 1.29 is 23.8 Å². The Morgan fingerprint density at radius 3 is 2.48 bits per heavy atom. The molecule has 2 N–H and O–H groups in total. The molecule has 0 aliphatic carbocycles. The summed E-state index contributed by atoms with van der Waals surface area (Å²) in [4.78, 5) is 12.2. The molecule has 110 valence electrons. The number of phenolic OH excluding ortho intramolecular Hbond substituents is 1. The second-order valence-corrected chi connectivity index (χ2v) is 4.13. The minimum absolute atomic E-state index is 0.166. The summed E-state index contributed by atoms with van der Waals surface area (Å²) in [6, 6.07) is 8.51. The van der Waals surface area contributed by atoms with E-state index in [9.17, 15) is 14.3 Å². The highest BCUT2D eigenvalue weighted by molar-refractivity contribution is 6.07. The third-order valence-corrected chi connectivity index (χ3v) is 2.88. The third kappa shape index (κ3) is 2.89. The van der Waals surface area contributed by atoms with E-state index in [-0.39, 0.29) is 22.7 Å². The molecule has 0 radical (unpaired) electrons. The summed E-state index contributed by atoms with van der Waals surface area (Å²) >= 11 is 0. The largest absolute Gasteiger partial charge is 0.506 e. The van der Waals surface area contributed by atoms with Gasteiger partial charge in [0.1, 0.15) is 11.4 Å². The van der Waals surface area contributed by atoms with Crippen LogP contribution in [0.15, 0.2) is 36.4 Å². The van der Waals surface area contributed by atoms with Crippen LogP contribution in [0.5, 0.6) is 17.2 Å². The quantitative estimate of drug-likeness (QED) is 0.850.